The molecule has 0 fully saturated rings. The third kappa shape index (κ3) is 2.11. The van der Waals surface area contributed by atoms with Crippen molar-refractivity contribution in [1.82, 2.24) is 9.55 Å². The first-order chi connectivity index (χ1) is 8.65. The predicted molar refractivity (Wildman–Crippen MR) is 64.9 cm³/mol. The smallest absolute Gasteiger partial charge is 0.338 e. The van der Waals surface area contributed by atoms with Crippen molar-refractivity contribution in [2.75, 3.05) is 0 Å². The number of halogens is 1. The van der Waals surface area contributed by atoms with E-state index in [9.17, 15) is 9.18 Å². The summed E-state index contributed by atoms with van der Waals surface area (Å²) in [5, 5.41) is 8.89. The van der Waals surface area contributed by atoms with Gasteiger partial charge in [0, 0.05) is 18.9 Å². The molecule has 0 amide bonds. The van der Waals surface area contributed by atoms with Gasteiger partial charge in [0.1, 0.15) is 11.6 Å². The predicted octanol–water partition coefficient (Wildman–Crippen LogP) is 2.80. The van der Waals surface area contributed by atoms with E-state index in [1.165, 1.54) is 18.2 Å². The molecule has 94 valence electrons. The normalized spacial score (nSPS) is 10.6. The second kappa shape index (κ2) is 5.00. The summed E-state index contributed by atoms with van der Waals surface area (Å²) in [7, 11) is 0. The molecule has 5 heteroatoms. The molecule has 0 aliphatic heterocycles. The zero-order chi connectivity index (χ0) is 13.1. The van der Waals surface area contributed by atoms with Crippen molar-refractivity contribution in [2.45, 2.75) is 19.9 Å². The van der Waals surface area contributed by atoms with Gasteiger partial charge in [-0.1, -0.05) is 13.0 Å². The van der Waals surface area contributed by atoms with Gasteiger partial charge in [-0.05, 0) is 18.6 Å². The van der Waals surface area contributed by atoms with Gasteiger partial charge in [-0.2, -0.15) is 0 Å². The first kappa shape index (κ1) is 12.3. The molecule has 0 unspecified atom stereocenters. The molecule has 0 bridgehead atoms. The number of aromatic carboxylic acids is 1. The summed E-state index contributed by atoms with van der Waals surface area (Å²) in [6.07, 6.45) is 4.23. The second-order valence-electron chi connectivity index (χ2n) is 3.92. The molecule has 0 aliphatic carbocycles. The number of aryl methyl sites for hydroxylation is 1. The highest BCUT2D eigenvalue weighted by atomic mass is 19.1. The van der Waals surface area contributed by atoms with Crippen molar-refractivity contribution < 1.29 is 14.3 Å². The van der Waals surface area contributed by atoms with Crippen LogP contribution in [0.15, 0.2) is 30.6 Å². The first-order valence-electron chi connectivity index (χ1n) is 5.68. The molecule has 4 nitrogen and oxygen atoms in total. The number of carboxylic acid groups (broad SMARTS) is 1. The highest BCUT2D eigenvalue weighted by molar-refractivity contribution is 5.89. The van der Waals surface area contributed by atoms with Crippen LogP contribution < -0.4 is 0 Å². The van der Waals surface area contributed by atoms with E-state index in [1.54, 1.807) is 12.4 Å². The van der Waals surface area contributed by atoms with Gasteiger partial charge < -0.3 is 9.67 Å². The molecule has 18 heavy (non-hydrogen) atoms. The number of carboxylic acids is 1. The Morgan fingerprint density at radius 2 is 2.28 bits per heavy atom. The molecule has 1 aromatic carbocycles. The average molecular weight is 248 g/mol. The zero-order valence-electron chi connectivity index (χ0n) is 9.93. The molecule has 1 N–H and O–H groups in total. The Bertz CT molecular complexity index is 578. The Kier molecular flexibility index (Phi) is 3.41. The summed E-state index contributed by atoms with van der Waals surface area (Å²) in [5.74, 6) is -1.56. The van der Waals surface area contributed by atoms with E-state index in [2.05, 4.69) is 4.98 Å². The summed E-state index contributed by atoms with van der Waals surface area (Å²) < 4.78 is 15.9. The van der Waals surface area contributed by atoms with Crippen molar-refractivity contribution in [1.29, 1.82) is 0 Å². The molecule has 0 spiro atoms. The average Bonchev–Trinajstić information content (AvgIpc) is 2.77. The molecular formula is C13H13FN2O2. The van der Waals surface area contributed by atoms with Crippen molar-refractivity contribution in [3.05, 3.63) is 42.0 Å². The Labute approximate surface area is 104 Å². The van der Waals surface area contributed by atoms with Crippen LogP contribution in [0.1, 0.15) is 23.7 Å². The van der Waals surface area contributed by atoms with Crippen molar-refractivity contribution in [2.24, 2.45) is 0 Å². The fourth-order valence-corrected chi connectivity index (χ4v) is 1.84. The molecule has 2 rings (SSSR count). The number of hydrogen-bond donors (Lipinski definition) is 1. The number of benzene rings is 1. The van der Waals surface area contributed by atoms with Gasteiger partial charge in [-0.3, -0.25) is 0 Å². The minimum atomic E-state index is -1.28. The zero-order valence-corrected chi connectivity index (χ0v) is 9.93. The Hall–Kier alpha value is -2.17. The molecule has 0 radical (unpaired) electrons. The van der Waals surface area contributed by atoms with Crippen molar-refractivity contribution in [3.63, 3.8) is 0 Å². The number of imidazole rings is 1. The summed E-state index contributed by atoms with van der Waals surface area (Å²) in [6.45, 7) is 2.72. The van der Waals surface area contributed by atoms with Crippen molar-refractivity contribution in [3.8, 4) is 11.4 Å². The summed E-state index contributed by atoms with van der Waals surface area (Å²) >= 11 is 0. The maximum absolute atomic E-state index is 14.1. The number of nitrogens with zero attached hydrogens (tertiary/aromatic N) is 2. The van der Waals surface area contributed by atoms with Crippen LogP contribution in [0.3, 0.4) is 0 Å². The minimum absolute atomic E-state index is 0.216. The fraction of sp³-hybridized carbons (Fsp3) is 0.231. The van der Waals surface area contributed by atoms with Crippen molar-refractivity contribution >= 4 is 5.97 Å². The van der Waals surface area contributed by atoms with Gasteiger partial charge in [0.2, 0.25) is 0 Å². The van der Waals surface area contributed by atoms with Gasteiger partial charge in [0.25, 0.3) is 0 Å². The number of rotatable bonds is 4. The summed E-state index contributed by atoms with van der Waals surface area (Å²) in [5.41, 5.74) is -0.119. The molecule has 1 heterocycles. The summed E-state index contributed by atoms with van der Waals surface area (Å²) in [4.78, 5) is 15.0. The van der Waals surface area contributed by atoms with E-state index < -0.39 is 11.8 Å². The van der Waals surface area contributed by atoms with Gasteiger partial charge >= 0.3 is 5.97 Å². The van der Waals surface area contributed by atoms with E-state index >= 15 is 0 Å². The second-order valence-corrected chi connectivity index (χ2v) is 3.92. The first-order valence-corrected chi connectivity index (χ1v) is 5.68. The SMILES string of the molecule is CCCn1ccnc1-c1cccc(C(=O)O)c1F. The summed E-state index contributed by atoms with van der Waals surface area (Å²) in [6, 6.07) is 4.30. The number of carbonyl (C=O) groups is 1. The molecule has 0 aliphatic rings. The minimum Gasteiger partial charge on any atom is -0.478 e. The van der Waals surface area contributed by atoms with E-state index in [1.807, 2.05) is 11.5 Å². The lowest BCUT2D eigenvalue weighted by atomic mass is 10.1. The van der Waals surface area contributed by atoms with Crippen LogP contribution in [0.4, 0.5) is 4.39 Å². The van der Waals surface area contributed by atoms with Gasteiger partial charge in [-0.25, -0.2) is 14.2 Å². The molecule has 1 aromatic heterocycles. The van der Waals surface area contributed by atoms with Crippen LogP contribution in [0, 0.1) is 5.82 Å². The third-order valence-electron chi connectivity index (χ3n) is 2.65. The number of aromatic nitrogens is 2. The van der Waals surface area contributed by atoms with Crippen LogP contribution in [-0.2, 0) is 6.54 Å². The Balaban J connectivity index is 2.54. The highest BCUT2D eigenvalue weighted by Gasteiger charge is 2.17. The monoisotopic (exact) mass is 248 g/mol. The Morgan fingerprint density at radius 1 is 1.50 bits per heavy atom. The fourth-order valence-electron chi connectivity index (χ4n) is 1.84. The molecule has 0 saturated heterocycles. The highest BCUT2D eigenvalue weighted by Crippen LogP contribution is 2.24. The number of hydrogen-bond acceptors (Lipinski definition) is 2. The van der Waals surface area contributed by atoms with Gasteiger partial charge in [0.05, 0.1) is 11.1 Å². The maximum Gasteiger partial charge on any atom is 0.338 e. The van der Waals surface area contributed by atoms with E-state index in [0.717, 1.165) is 6.42 Å². The molecular weight excluding hydrogens is 235 g/mol. The van der Waals surface area contributed by atoms with Crippen LogP contribution >= 0.6 is 0 Å². The lowest BCUT2D eigenvalue weighted by molar-refractivity contribution is 0.0692. The largest absolute Gasteiger partial charge is 0.478 e. The van der Waals surface area contributed by atoms with Crippen LogP contribution in [0.25, 0.3) is 11.4 Å². The van der Waals surface area contributed by atoms with E-state index in [-0.39, 0.29) is 11.1 Å². The van der Waals surface area contributed by atoms with Crippen LogP contribution in [-0.4, -0.2) is 20.6 Å². The van der Waals surface area contributed by atoms with E-state index in [0.29, 0.717) is 12.4 Å². The van der Waals surface area contributed by atoms with Gasteiger partial charge in [-0.15, -0.1) is 0 Å². The molecule has 0 saturated carbocycles. The standard InChI is InChI=1S/C13H13FN2O2/c1-2-7-16-8-6-15-12(16)9-4-3-5-10(11(9)14)13(17)18/h3-6,8H,2,7H2,1H3,(H,17,18). The maximum atomic E-state index is 14.1. The topological polar surface area (TPSA) is 55.1 Å². The third-order valence-corrected chi connectivity index (χ3v) is 2.65. The van der Waals surface area contributed by atoms with Crippen LogP contribution in [0.2, 0.25) is 0 Å². The molecule has 2 aromatic rings. The van der Waals surface area contributed by atoms with Crippen LogP contribution in [0.5, 0.6) is 0 Å². The lowest BCUT2D eigenvalue weighted by Gasteiger charge is -2.08. The Morgan fingerprint density at radius 3 is 2.94 bits per heavy atom. The quantitative estimate of drug-likeness (QED) is 0.905. The lowest BCUT2D eigenvalue weighted by Crippen LogP contribution is -2.05. The van der Waals surface area contributed by atoms with Gasteiger partial charge in [0.15, 0.2) is 0 Å². The van der Waals surface area contributed by atoms with E-state index in [4.69, 9.17) is 5.11 Å². The molecule has 0 atom stereocenters.